The molecular weight excluding hydrogens is 274 g/mol. The average molecular weight is 294 g/mol. The zero-order chi connectivity index (χ0) is 14.6. The Morgan fingerprint density at radius 3 is 2.65 bits per heavy atom. The third-order valence-corrected chi connectivity index (χ3v) is 3.83. The van der Waals surface area contributed by atoms with Crippen molar-refractivity contribution in [2.45, 2.75) is 32.4 Å². The molecule has 0 aliphatic rings. The number of aliphatic hydroxyl groups excluding tert-OH is 1. The number of nitrogens with zero attached hydrogens (tertiary/aromatic N) is 2. The van der Waals surface area contributed by atoms with E-state index in [0.29, 0.717) is 11.6 Å². The molecule has 1 aromatic carbocycles. The van der Waals surface area contributed by atoms with E-state index < -0.39 is 0 Å². The van der Waals surface area contributed by atoms with Crippen molar-refractivity contribution >= 4 is 11.6 Å². The minimum atomic E-state index is -0.248. The van der Waals surface area contributed by atoms with Gasteiger partial charge in [-0.3, -0.25) is 0 Å². The van der Waals surface area contributed by atoms with Crippen molar-refractivity contribution in [3.05, 3.63) is 47.2 Å². The average Bonchev–Trinajstić information content (AvgIpc) is 2.94. The van der Waals surface area contributed by atoms with Gasteiger partial charge in [0.25, 0.3) is 0 Å². The Morgan fingerprint density at radius 1 is 1.35 bits per heavy atom. The number of hydrogen-bond acceptors (Lipinski definition) is 3. The molecule has 0 amide bonds. The van der Waals surface area contributed by atoms with E-state index in [9.17, 15) is 5.11 Å². The van der Waals surface area contributed by atoms with E-state index in [4.69, 9.17) is 11.6 Å². The summed E-state index contributed by atoms with van der Waals surface area (Å²) in [7, 11) is 0. The number of rotatable bonds is 6. The molecule has 0 spiro atoms. The molecular formula is C15H20ClN3O. The third kappa shape index (κ3) is 3.60. The Balaban J connectivity index is 2.04. The molecule has 1 heterocycles. The summed E-state index contributed by atoms with van der Waals surface area (Å²) < 4.78 is 1.82. The molecule has 20 heavy (non-hydrogen) atoms. The van der Waals surface area contributed by atoms with Crippen molar-refractivity contribution in [3.8, 4) is 5.69 Å². The van der Waals surface area contributed by atoms with E-state index in [2.05, 4.69) is 17.3 Å². The number of aliphatic hydroxyl groups is 1. The second-order valence-electron chi connectivity index (χ2n) is 5.20. The maximum Gasteiger partial charge on any atom is 0.0646 e. The van der Waals surface area contributed by atoms with Crippen LogP contribution in [0.3, 0.4) is 0 Å². The van der Waals surface area contributed by atoms with E-state index in [1.54, 1.807) is 0 Å². The smallest absolute Gasteiger partial charge is 0.0646 e. The van der Waals surface area contributed by atoms with Gasteiger partial charge in [-0.2, -0.15) is 5.10 Å². The molecule has 0 fully saturated rings. The van der Waals surface area contributed by atoms with Gasteiger partial charge in [0.05, 0.1) is 18.5 Å². The number of benzene rings is 1. The Hall–Kier alpha value is -1.36. The number of nitrogens with one attached hydrogen (secondary N) is 1. The van der Waals surface area contributed by atoms with Crippen LogP contribution in [-0.4, -0.2) is 27.0 Å². The lowest BCUT2D eigenvalue weighted by molar-refractivity contribution is 0.169. The quantitative estimate of drug-likeness (QED) is 0.861. The van der Waals surface area contributed by atoms with Crippen molar-refractivity contribution in [2.75, 3.05) is 6.61 Å². The second kappa shape index (κ2) is 6.39. The van der Waals surface area contributed by atoms with Crippen molar-refractivity contribution in [3.63, 3.8) is 0 Å². The Kier molecular flexibility index (Phi) is 4.81. The molecule has 0 bridgehead atoms. The third-order valence-electron chi connectivity index (χ3n) is 3.58. The lowest BCUT2D eigenvalue weighted by atomic mass is 10.0. The van der Waals surface area contributed by atoms with E-state index in [1.807, 2.05) is 48.3 Å². The predicted octanol–water partition coefficient (Wildman–Crippen LogP) is 2.78. The Bertz CT molecular complexity index is 547. The van der Waals surface area contributed by atoms with Crippen LogP contribution in [0.2, 0.25) is 5.02 Å². The molecule has 0 saturated heterocycles. The zero-order valence-electron chi connectivity index (χ0n) is 11.8. The van der Waals surface area contributed by atoms with Gasteiger partial charge in [-0.25, -0.2) is 4.68 Å². The number of hydrogen-bond donors (Lipinski definition) is 2. The van der Waals surface area contributed by atoms with Gasteiger partial charge >= 0.3 is 0 Å². The molecule has 0 aliphatic carbocycles. The summed E-state index contributed by atoms with van der Waals surface area (Å²) in [6.07, 6.45) is 4.67. The van der Waals surface area contributed by atoms with Crippen molar-refractivity contribution in [2.24, 2.45) is 0 Å². The molecule has 0 aliphatic heterocycles. The minimum Gasteiger partial charge on any atom is -0.394 e. The van der Waals surface area contributed by atoms with E-state index in [0.717, 1.165) is 17.7 Å². The second-order valence-corrected chi connectivity index (χ2v) is 5.63. The summed E-state index contributed by atoms with van der Waals surface area (Å²) in [6.45, 7) is 4.87. The van der Waals surface area contributed by atoms with Crippen molar-refractivity contribution in [1.82, 2.24) is 15.1 Å². The highest BCUT2D eigenvalue weighted by atomic mass is 35.5. The Labute approximate surface area is 124 Å². The molecule has 2 N–H and O–H groups in total. The van der Waals surface area contributed by atoms with Gasteiger partial charge in [-0.05, 0) is 37.6 Å². The van der Waals surface area contributed by atoms with Crippen LogP contribution in [0.15, 0.2) is 36.7 Å². The lowest BCUT2D eigenvalue weighted by Gasteiger charge is -2.26. The van der Waals surface area contributed by atoms with Crippen LogP contribution in [0.25, 0.3) is 5.69 Å². The number of aromatic nitrogens is 2. The first-order chi connectivity index (χ1) is 9.56. The normalized spacial score (nSPS) is 14.2. The monoisotopic (exact) mass is 293 g/mol. The highest BCUT2D eigenvalue weighted by Crippen LogP contribution is 2.14. The van der Waals surface area contributed by atoms with Gasteiger partial charge in [-0.15, -0.1) is 0 Å². The summed E-state index contributed by atoms with van der Waals surface area (Å²) in [5, 5.41) is 17.8. The fourth-order valence-corrected chi connectivity index (χ4v) is 1.92. The van der Waals surface area contributed by atoms with Crippen LogP contribution in [0.5, 0.6) is 0 Å². The largest absolute Gasteiger partial charge is 0.394 e. The molecule has 1 aromatic heterocycles. The van der Waals surface area contributed by atoms with Crippen LogP contribution in [0.4, 0.5) is 0 Å². The highest BCUT2D eigenvalue weighted by Gasteiger charge is 2.19. The first-order valence-electron chi connectivity index (χ1n) is 6.72. The van der Waals surface area contributed by atoms with E-state index >= 15 is 0 Å². The molecule has 4 nitrogen and oxygen atoms in total. The van der Waals surface area contributed by atoms with E-state index in [1.165, 1.54) is 0 Å². The van der Waals surface area contributed by atoms with Crippen LogP contribution < -0.4 is 5.32 Å². The number of halogens is 1. The molecule has 0 radical (unpaired) electrons. The summed E-state index contributed by atoms with van der Waals surface area (Å²) in [5.41, 5.74) is 1.80. The highest BCUT2D eigenvalue weighted by molar-refractivity contribution is 6.30. The SMILES string of the molecule is CCC(C)(CO)NCc1cnn(-c2ccc(Cl)cc2)c1. The van der Waals surface area contributed by atoms with Crippen LogP contribution in [0, 0.1) is 0 Å². The maximum atomic E-state index is 9.38. The zero-order valence-corrected chi connectivity index (χ0v) is 12.6. The maximum absolute atomic E-state index is 9.38. The summed E-state index contributed by atoms with van der Waals surface area (Å²) >= 11 is 5.87. The van der Waals surface area contributed by atoms with Gasteiger partial charge in [-0.1, -0.05) is 18.5 Å². The van der Waals surface area contributed by atoms with Crippen LogP contribution in [-0.2, 0) is 6.54 Å². The molecule has 2 rings (SSSR count). The van der Waals surface area contributed by atoms with Gasteiger partial charge in [0.1, 0.15) is 0 Å². The summed E-state index contributed by atoms with van der Waals surface area (Å²) in [4.78, 5) is 0. The standard InChI is InChI=1S/C15H20ClN3O/c1-3-15(2,11-20)17-8-12-9-18-19(10-12)14-6-4-13(16)5-7-14/h4-7,9-10,17,20H,3,8,11H2,1-2H3. The minimum absolute atomic E-state index is 0.120. The predicted molar refractivity (Wildman–Crippen MR) is 81.2 cm³/mol. The van der Waals surface area contributed by atoms with Crippen molar-refractivity contribution < 1.29 is 5.11 Å². The fourth-order valence-electron chi connectivity index (χ4n) is 1.79. The van der Waals surface area contributed by atoms with Gasteiger partial charge in [0.2, 0.25) is 0 Å². The van der Waals surface area contributed by atoms with Crippen LogP contribution in [0.1, 0.15) is 25.8 Å². The van der Waals surface area contributed by atoms with Crippen LogP contribution >= 0.6 is 11.6 Å². The Morgan fingerprint density at radius 2 is 2.05 bits per heavy atom. The summed E-state index contributed by atoms with van der Waals surface area (Å²) in [6, 6.07) is 7.54. The van der Waals surface area contributed by atoms with Gasteiger partial charge < -0.3 is 10.4 Å². The molecule has 1 atom stereocenters. The van der Waals surface area contributed by atoms with Gasteiger partial charge in [0.15, 0.2) is 0 Å². The topological polar surface area (TPSA) is 50.1 Å². The summed E-state index contributed by atoms with van der Waals surface area (Å²) in [5.74, 6) is 0. The molecule has 5 heteroatoms. The van der Waals surface area contributed by atoms with E-state index in [-0.39, 0.29) is 12.1 Å². The molecule has 0 saturated carbocycles. The lowest BCUT2D eigenvalue weighted by Crippen LogP contribution is -2.44. The first kappa shape index (κ1) is 15.0. The molecule has 2 aromatic rings. The molecule has 108 valence electrons. The first-order valence-corrected chi connectivity index (χ1v) is 7.09. The molecule has 1 unspecified atom stereocenters. The van der Waals surface area contributed by atoms with Crippen molar-refractivity contribution in [1.29, 1.82) is 0 Å². The fraction of sp³-hybridized carbons (Fsp3) is 0.400. The van der Waals surface area contributed by atoms with Gasteiger partial charge in [0, 0.05) is 28.9 Å².